The van der Waals surface area contributed by atoms with Gasteiger partial charge < -0.3 is 14.6 Å². The predicted molar refractivity (Wildman–Crippen MR) is 39.2 cm³/mol. The van der Waals surface area contributed by atoms with Gasteiger partial charge in [0.15, 0.2) is 6.29 Å². The van der Waals surface area contributed by atoms with Crippen LogP contribution in [0.3, 0.4) is 0 Å². The fourth-order valence-corrected chi connectivity index (χ4v) is 1.73. The third kappa shape index (κ3) is 1.44. The molecule has 0 aromatic carbocycles. The zero-order valence-corrected chi connectivity index (χ0v) is 6.73. The van der Waals surface area contributed by atoms with Crippen LogP contribution in [0, 0.1) is 0 Å². The maximum Gasteiger partial charge on any atom is 0.306 e. The molecule has 0 amide bonds. The van der Waals surface area contributed by atoms with Crippen LogP contribution in [0.15, 0.2) is 0 Å². The molecule has 0 saturated carbocycles. The number of aliphatic hydroxyl groups excluding tert-OH is 1. The van der Waals surface area contributed by atoms with Crippen LogP contribution < -0.4 is 0 Å². The highest BCUT2D eigenvalue weighted by Crippen LogP contribution is 2.27. The molecule has 0 aliphatic carbocycles. The second-order valence-corrected chi connectivity index (χ2v) is 3.27. The van der Waals surface area contributed by atoms with Crippen LogP contribution in [0.4, 0.5) is 0 Å². The molecular formula is C8H12O4. The van der Waals surface area contributed by atoms with Gasteiger partial charge in [0.1, 0.15) is 6.10 Å². The third-order valence-electron chi connectivity index (χ3n) is 2.36. The van der Waals surface area contributed by atoms with Crippen LogP contribution in [0.2, 0.25) is 0 Å². The quantitative estimate of drug-likeness (QED) is 0.573. The smallest absolute Gasteiger partial charge is 0.306 e. The van der Waals surface area contributed by atoms with Crippen LogP contribution in [-0.2, 0) is 14.3 Å². The van der Waals surface area contributed by atoms with Crippen molar-refractivity contribution in [2.75, 3.05) is 0 Å². The second kappa shape index (κ2) is 3.03. The number of rotatable bonds is 1. The lowest BCUT2D eigenvalue weighted by Crippen LogP contribution is -2.26. The summed E-state index contributed by atoms with van der Waals surface area (Å²) in [5.74, 6) is -0.148. The number of aliphatic hydroxyl groups is 1. The number of carbonyl (C=O) groups excluding carboxylic acids is 1. The van der Waals surface area contributed by atoms with Crippen molar-refractivity contribution >= 4 is 5.97 Å². The van der Waals surface area contributed by atoms with E-state index in [1.54, 1.807) is 0 Å². The Morgan fingerprint density at radius 3 is 2.58 bits per heavy atom. The largest absolute Gasteiger partial charge is 0.460 e. The SMILES string of the molecule is O=C1CCC(C2CCC(O)O2)O1. The van der Waals surface area contributed by atoms with Gasteiger partial charge in [-0.2, -0.15) is 0 Å². The highest BCUT2D eigenvalue weighted by atomic mass is 16.6. The lowest BCUT2D eigenvalue weighted by Gasteiger charge is -2.16. The number of hydrogen-bond donors (Lipinski definition) is 1. The molecule has 0 radical (unpaired) electrons. The Kier molecular flexibility index (Phi) is 2.02. The first-order valence-electron chi connectivity index (χ1n) is 4.29. The van der Waals surface area contributed by atoms with Crippen molar-refractivity contribution in [3.63, 3.8) is 0 Å². The van der Waals surface area contributed by atoms with E-state index in [-0.39, 0.29) is 18.2 Å². The Balaban J connectivity index is 1.89. The molecule has 2 fully saturated rings. The summed E-state index contributed by atoms with van der Waals surface area (Å²) in [5, 5.41) is 9.06. The van der Waals surface area contributed by atoms with Crippen LogP contribution >= 0.6 is 0 Å². The van der Waals surface area contributed by atoms with Crippen molar-refractivity contribution in [2.24, 2.45) is 0 Å². The van der Waals surface area contributed by atoms with Gasteiger partial charge in [-0.3, -0.25) is 4.79 Å². The Morgan fingerprint density at radius 1 is 1.25 bits per heavy atom. The minimum Gasteiger partial charge on any atom is -0.460 e. The number of cyclic esters (lactones) is 1. The van der Waals surface area contributed by atoms with Gasteiger partial charge in [-0.15, -0.1) is 0 Å². The monoisotopic (exact) mass is 172 g/mol. The summed E-state index contributed by atoms with van der Waals surface area (Å²) in [7, 11) is 0. The predicted octanol–water partition coefficient (Wildman–Crippen LogP) is 0.189. The molecule has 0 aromatic heterocycles. The summed E-state index contributed by atoms with van der Waals surface area (Å²) in [6.45, 7) is 0. The van der Waals surface area contributed by atoms with E-state index in [1.165, 1.54) is 0 Å². The first kappa shape index (κ1) is 8.01. The van der Waals surface area contributed by atoms with Gasteiger partial charge in [0.2, 0.25) is 0 Å². The fourth-order valence-electron chi connectivity index (χ4n) is 1.73. The summed E-state index contributed by atoms with van der Waals surface area (Å²) >= 11 is 0. The average molecular weight is 172 g/mol. The van der Waals surface area contributed by atoms with Gasteiger partial charge in [0, 0.05) is 12.8 Å². The van der Waals surface area contributed by atoms with Crippen LogP contribution in [-0.4, -0.2) is 29.6 Å². The molecular weight excluding hydrogens is 160 g/mol. The van der Waals surface area contributed by atoms with Crippen molar-refractivity contribution in [3.05, 3.63) is 0 Å². The highest BCUT2D eigenvalue weighted by molar-refractivity contribution is 5.71. The molecule has 1 N–H and O–H groups in total. The van der Waals surface area contributed by atoms with Crippen LogP contribution in [0.25, 0.3) is 0 Å². The molecule has 2 rings (SSSR count). The summed E-state index contributed by atoms with van der Waals surface area (Å²) < 4.78 is 10.2. The van der Waals surface area contributed by atoms with Crippen molar-refractivity contribution in [1.82, 2.24) is 0 Å². The van der Waals surface area contributed by atoms with Gasteiger partial charge >= 0.3 is 5.97 Å². The molecule has 2 aliphatic heterocycles. The van der Waals surface area contributed by atoms with Gasteiger partial charge in [0.05, 0.1) is 6.10 Å². The molecule has 12 heavy (non-hydrogen) atoms. The van der Waals surface area contributed by atoms with E-state index in [1.807, 2.05) is 0 Å². The van der Waals surface area contributed by atoms with E-state index >= 15 is 0 Å². The molecule has 4 heteroatoms. The molecule has 68 valence electrons. The maximum absolute atomic E-state index is 10.8. The van der Waals surface area contributed by atoms with Crippen LogP contribution in [0.5, 0.6) is 0 Å². The molecule has 4 nitrogen and oxygen atoms in total. The first-order valence-corrected chi connectivity index (χ1v) is 4.29. The average Bonchev–Trinajstić information content (AvgIpc) is 2.58. The van der Waals surface area contributed by atoms with Gasteiger partial charge in [-0.05, 0) is 12.8 Å². The normalized spacial score (nSPS) is 41.8. The molecule has 3 atom stereocenters. The minimum atomic E-state index is -0.658. The fraction of sp³-hybridized carbons (Fsp3) is 0.875. The standard InChI is InChI=1S/C8H12O4/c9-7-3-1-5(11-7)6-2-4-8(10)12-6/h5-7,9H,1-4H2. The lowest BCUT2D eigenvalue weighted by atomic mass is 10.1. The Morgan fingerprint density at radius 2 is 2.08 bits per heavy atom. The maximum atomic E-state index is 10.8. The highest BCUT2D eigenvalue weighted by Gasteiger charge is 2.36. The van der Waals surface area contributed by atoms with Crippen molar-refractivity contribution in [2.45, 2.75) is 44.2 Å². The van der Waals surface area contributed by atoms with Crippen molar-refractivity contribution in [1.29, 1.82) is 0 Å². The summed E-state index contributed by atoms with van der Waals surface area (Å²) in [4.78, 5) is 10.8. The summed E-state index contributed by atoms with van der Waals surface area (Å²) in [6.07, 6.45) is 1.81. The minimum absolute atomic E-state index is 0.0774. The number of esters is 1. The third-order valence-corrected chi connectivity index (χ3v) is 2.36. The first-order chi connectivity index (χ1) is 5.75. The van der Waals surface area contributed by atoms with Crippen molar-refractivity contribution in [3.8, 4) is 0 Å². The molecule has 2 aliphatic rings. The molecule has 3 unspecified atom stereocenters. The van der Waals surface area contributed by atoms with E-state index in [2.05, 4.69) is 0 Å². The van der Waals surface area contributed by atoms with Crippen LogP contribution in [0.1, 0.15) is 25.7 Å². The zero-order valence-electron chi connectivity index (χ0n) is 6.73. The van der Waals surface area contributed by atoms with E-state index in [0.29, 0.717) is 12.8 Å². The topological polar surface area (TPSA) is 55.8 Å². The Bertz CT molecular complexity index is 191. The molecule has 2 heterocycles. The van der Waals surface area contributed by atoms with Gasteiger partial charge in [-0.25, -0.2) is 0 Å². The molecule has 0 bridgehead atoms. The Hall–Kier alpha value is -0.610. The molecule has 0 aromatic rings. The summed E-state index contributed by atoms with van der Waals surface area (Å²) in [6, 6.07) is 0. The van der Waals surface area contributed by atoms with Gasteiger partial charge in [-0.1, -0.05) is 0 Å². The van der Waals surface area contributed by atoms with Crippen molar-refractivity contribution < 1.29 is 19.4 Å². The van der Waals surface area contributed by atoms with Gasteiger partial charge in [0.25, 0.3) is 0 Å². The van der Waals surface area contributed by atoms with E-state index < -0.39 is 6.29 Å². The Labute approximate surface area is 70.5 Å². The second-order valence-electron chi connectivity index (χ2n) is 3.27. The van der Waals surface area contributed by atoms with E-state index in [9.17, 15) is 4.79 Å². The van der Waals surface area contributed by atoms with E-state index in [4.69, 9.17) is 14.6 Å². The number of ether oxygens (including phenoxy) is 2. The van der Waals surface area contributed by atoms with E-state index in [0.717, 1.165) is 12.8 Å². The molecule has 2 saturated heterocycles. The summed E-state index contributed by atoms with van der Waals surface area (Å²) in [5.41, 5.74) is 0. The lowest BCUT2D eigenvalue weighted by molar-refractivity contribution is -0.154. The zero-order chi connectivity index (χ0) is 8.55. The molecule has 0 spiro atoms. The number of carbonyl (C=O) groups is 1. The number of hydrogen-bond acceptors (Lipinski definition) is 4.